The minimum atomic E-state index is -3.89. The maximum atomic E-state index is 10.8. The first-order valence-corrected chi connectivity index (χ1v) is 7.10. The fourth-order valence-electron chi connectivity index (χ4n) is 1.18. The molecule has 11 heavy (non-hydrogen) atoms. The van der Waals surface area contributed by atoms with Gasteiger partial charge in [-0.3, -0.25) is 0 Å². The molecule has 7 heteroatoms. The van der Waals surface area contributed by atoms with Crippen molar-refractivity contribution in [2.24, 2.45) is 0 Å². The second-order valence-electron chi connectivity index (χ2n) is 2.32. The topological polar surface area (TPSA) is 71.1 Å². The summed E-state index contributed by atoms with van der Waals surface area (Å²) in [6, 6.07) is 0. The second kappa shape index (κ2) is 1.55. The van der Waals surface area contributed by atoms with Gasteiger partial charge in [0.25, 0.3) is 0 Å². The van der Waals surface area contributed by atoms with Crippen LogP contribution >= 0.6 is 0 Å². The minimum absolute atomic E-state index is 0.516. The normalized spacial score (nSPS) is 57.1. The molecule has 0 aromatic carbocycles. The van der Waals surface area contributed by atoms with Crippen LogP contribution in [-0.4, -0.2) is 44.6 Å². The van der Waals surface area contributed by atoms with Gasteiger partial charge in [0.15, 0.2) is 0 Å². The zero-order valence-corrected chi connectivity index (χ0v) is 7.60. The van der Waals surface area contributed by atoms with Gasteiger partial charge in [-0.15, -0.1) is 0 Å². The van der Waals surface area contributed by atoms with Gasteiger partial charge in [0.1, 0.15) is 0 Å². The first-order valence-electron chi connectivity index (χ1n) is 2.93. The van der Waals surface area contributed by atoms with Crippen molar-refractivity contribution in [3.05, 3.63) is 0 Å². The summed E-state index contributed by atoms with van der Waals surface area (Å²) < 4.78 is 19.4. The predicted molar refractivity (Wildman–Crippen MR) is 27.7 cm³/mol. The SMILES string of the molecule is O=C1[O][Sb-]23[O]C(=O)[C@H]([O]2)[C@H]1[O]3. The van der Waals surface area contributed by atoms with Gasteiger partial charge in [-0.2, -0.15) is 0 Å². The van der Waals surface area contributed by atoms with Crippen molar-refractivity contribution < 1.29 is 21.7 Å². The average molecular weight is 268 g/mol. The number of carbonyl (C=O) groups excluding carboxylic acids is 2. The number of hydrogen-bond acceptors (Lipinski definition) is 6. The van der Waals surface area contributed by atoms with Gasteiger partial charge in [0.2, 0.25) is 0 Å². The van der Waals surface area contributed by atoms with Crippen LogP contribution in [0.3, 0.4) is 0 Å². The molecule has 6 nitrogen and oxygen atoms in total. The van der Waals surface area contributed by atoms with E-state index in [2.05, 4.69) is 6.03 Å². The summed E-state index contributed by atoms with van der Waals surface area (Å²) >= 11 is -3.89. The molecule has 60 valence electrons. The Bertz CT molecular complexity index is 246. The van der Waals surface area contributed by atoms with Gasteiger partial charge in [-0.1, -0.05) is 0 Å². The molecule has 0 aromatic rings. The summed E-state index contributed by atoms with van der Waals surface area (Å²) in [5, 5.41) is 0. The molecule has 2 atom stereocenters. The van der Waals surface area contributed by atoms with Gasteiger partial charge < -0.3 is 0 Å². The molecule has 1 spiro atoms. The third kappa shape index (κ3) is 0.569. The van der Waals surface area contributed by atoms with Crippen LogP contribution in [0.2, 0.25) is 0 Å². The number of carbonyl (C=O) groups is 2. The van der Waals surface area contributed by atoms with Crippen molar-refractivity contribution in [2.75, 3.05) is 0 Å². The van der Waals surface area contributed by atoms with Gasteiger partial charge in [-0.05, 0) is 0 Å². The second-order valence-corrected chi connectivity index (χ2v) is 7.12. The zero-order chi connectivity index (χ0) is 7.64. The van der Waals surface area contributed by atoms with E-state index in [0.29, 0.717) is 0 Å². The van der Waals surface area contributed by atoms with Crippen molar-refractivity contribution in [1.82, 2.24) is 0 Å². The van der Waals surface area contributed by atoms with E-state index in [0.717, 1.165) is 0 Å². The molecule has 3 heterocycles. The molecule has 0 aliphatic carbocycles. The molecule has 0 aromatic heterocycles. The molecule has 3 rings (SSSR count). The van der Waals surface area contributed by atoms with Crippen molar-refractivity contribution in [2.45, 2.75) is 12.2 Å². The van der Waals surface area contributed by atoms with E-state index in [-0.39, 0.29) is 0 Å². The van der Waals surface area contributed by atoms with Crippen LogP contribution in [0.15, 0.2) is 0 Å². The number of fused-ring (bicyclic) bond motifs is 3. The number of hydrogen-bond donors (Lipinski definition) is 0. The quantitative estimate of drug-likeness (QED) is 0.488. The maximum absolute atomic E-state index is 10.8. The average Bonchev–Trinajstić information content (AvgIpc) is 2.46. The fraction of sp³-hybridized carbons (Fsp3) is 0.500. The van der Waals surface area contributed by atoms with E-state index in [1.165, 1.54) is 0 Å². The first kappa shape index (κ1) is 6.22. The van der Waals surface area contributed by atoms with E-state index in [9.17, 15) is 9.59 Å². The standard InChI is InChI=1S/C4H4O6.Sb/c5-1(3(7)8)2(6)4(9)10;/h1-2H,(H,7,8)(H,9,10);/q-2;+3/p-2/t1-,2-;/m1./s1. The molecule has 3 fully saturated rings. The van der Waals surface area contributed by atoms with Crippen LogP contribution in [0, 0.1) is 0 Å². The Morgan fingerprint density at radius 1 is 1.00 bits per heavy atom. The summed E-state index contributed by atoms with van der Waals surface area (Å²) in [5.74, 6) is -1.03. The third-order valence-electron chi connectivity index (χ3n) is 1.63. The van der Waals surface area contributed by atoms with Crippen molar-refractivity contribution in [3.8, 4) is 0 Å². The molecule has 3 saturated heterocycles. The Morgan fingerprint density at radius 2 is 1.45 bits per heavy atom. The van der Waals surface area contributed by atoms with Crippen molar-refractivity contribution >= 4 is 32.4 Å². The van der Waals surface area contributed by atoms with Gasteiger partial charge in [0.05, 0.1) is 0 Å². The van der Waals surface area contributed by atoms with E-state index < -0.39 is 44.6 Å². The van der Waals surface area contributed by atoms with Crippen LogP contribution in [0.4, 0.5) is 0 Å². The number of rotatable bonds is 0. The Morgan fingerprint density at radius 3 is 1.82 bits per heavy atom. The summed E-state index contributed by atoms with van der Waals surface area (Å²) in [6.07, 6.45) is -1.66. The van der Waals surface area contributed by atoms with Crippen LogP contribution < -0.4 is 0 Å². The summed E-state index contributed by atoms with van der Waals surface area (Å²) in [4.78, 5) is 21.7. The molecule has 0 amide bonds. The van der Waals surface area contributed by atoms with Crippen LogP contribution in [0.25, 0.3) is 0 Å². The molecule has 0 N–H and O–H groups in total. The molecule has 3 aliphatic rings. The van der Waals surface area contributed by atoms with E-state index in [1.54, 1.807) is 0 Å². The van der Waals surface area contributed by atoms with Gasteiger partial charge in [0, 0.05) is 0 Å². The monoisotopic (exact) mass is 267 g/mol. The van der Waals surface area contributed by atoms with Crippen LogP contribution in [-0.2, 0) is 21.7 Å². The summed E-state index contributed by atoms with van der Waals surface area (Å²) in [6.45, 7) is 0. The molecular weight excluding hydrogens is 266 g/mol. The van der Waals surface area contributed by atoms with Crippen LogP contribution in [0.1, 0.15) is 0 Å². The molecule has 3 bridgehead atoms. The fourth-order valence-corrected chi connectivity index (χ4v) is 6.48. The molecule has 0 saturated carbocycles. The van der Waals surface area contributed by atoms with Gasteiger partial charge >= 0.3 is 66.3 Å². The Kier molecular flexibility index (Phi) is 0.877. The Balaban J connectivity index is 2.13. The first-order chi connectivity index (χ1) is 5.20. The van der Waals surface area contributed by atoms with Crippen molar-refractivity contribution in [1.29, 1.82) is 0 Å². The van der Waals surface area contributed by atoms with E-state index >= 15 is 0 Å². The van der Waals surface area contributed by atoms with Gasteiger partial charge in [-0.25, -0.2) is 0 Å². The van der Waals surface area contributed by atoms with Crippen LogP contribution in [0.5, 0.6) is 0 Å². The Hall–Kier alpha value is -0.322. The predicted octanol–water partition coefficient (Wildman–Crippen LogP) is -1.68. The van der Waals surface area contributed by atoms with E-state index in [4.69, 9.17) is 6.03 Å². The Labute approximate surface area is 66.6 Å². The zero-order valence-electron chi connectivity index (χ0n) is 5.05. The summed E-state index contributed by atoms with van der Waals surface area (Å²) in [7, 11) is 0. The molecular formula is C4H2O6Sb-. The van der Waals surface area contributed by atoms with E-state index in [1.807, 2.05) is 0 Å². The summed E-state index contributed by atoms with van der Waals surface area (Å²) in [5.41, 5.74) is 0. The molecule has 0 radical (unpaired) electrons. The van der Waals surface area contributed by atoms with Crippen molar-refractivity contribution in [3.63, 3.8) is 0 Å². The third-order valence-corrected chi connectivity index (χ3v) is 6.70. The molecule has 3 aliphatic heterocycles. The molecule has 0 unspecified atom stereocenters.